The maximum atomic E-state index is 12.5. The molecule has 18 heavy (non-hydrogen) atoms. The van der Waals surface area contributed by atoms with Gasteiger partial charge in [0, 0.05) is 12.1 Å². The van der Waals surface area contributed by atoms with Gasteiger partial charge in [-0.15, -0.1) is 0 Å². The number of halogens is 3. The first-order valence-electron chi connectivity index (χ1n) is 6.07. The normalized spacial score (nSPS) is 18.0. The smallest absolute Gasteiger partial charge is 0.294 e. The Labute approximate surface area is 103 Å². The molecule has 0 spiro atoms. The molecule has 0 atom stereocenters. The van der Waals surface area contributed by atoms with Crippen molar-refractivity contribution in [2.45, 2.75) is 51.2 Å². The van der Waals surface area contributed by atoms with E-state index < -0.39 is 17.4 Å². The Balaban J connectivity index is 2.41. The SMILES string of the molecule is Cc1nc(C(F)(F)F)cc(=O)n1C1CCCCC1. The minimum absolute atomic E-state index is 0.000957. The van der Waals surface area contributed by atoms with E-state index in [1.54, 1.807) is 0 Å². The lowest BCUT2D eigenvalue weighted by Crippen LogP contribution is -2.30. The van der Waals surface area contributed by atoms with Gasteiger partial charge in [0.25, 0.3) is 5.56 Å². The molecule has 1 fully saturated rings. The van der Waals surface area contributed by atoms with E-state index in [1.807, 2.05) is 0 Å². The van der Waals surface area contributed by atoms with Crippen LogP contribution in [-0.4, -0.2) is 9.55 Å². The fraction of sp³-hybridized carbons (Fsp3) is 0.667. The Bertz CT molecular complexity index is 487. The summed E-state index contributed by atoms with van der Waals surface area (Å²) in [6.07, 6.45) is 0.269. The second kappa shape index (κ2) is 4.74. The topological polar surface area (TPSA) is 34.9 Å². The third kappa shape index (κ3) is 2.57. The van der Waals surface area contributed by atoms with Gasteiger partial charge >= 0.3 is 6.18 Å². The molecule has 0 N–H and O–H groups in total. The van der Waals surface area contributed by atoms with Gasteiger partial charge in [0.15, 0.2) is 5.69 Å². The lowest BCUT2D eigenvalue weighted by molar-refractivity contribution is -0.141. The predicted octanol–water partition coefficient (Wildman–Crippen LogP) is 3.08. The van der Waals surface area contributed by atoms with Crippen molar-refractivity contribution in [2.75, 3.05) is 0 Å². The van der Waals surface area contributed by atoms with Gasteiger partial charge in [0.1, 0.15) is 5.82 Å². The largest absolute Gasteiger partial charge is 0.433 e. The number of hydrogen-bond donors (Lipinski definition) is 0. The second-order valence-electron chi connectivity index (χ2n) is 4.69. The maximum Gasteiger partial charge on any atom is 0.433 e. The highest BCUT2D eigenvalue weighted by molar-refractivity contribution is 5.08. The van der Waals surface area contributed by atoms with E-state index in [9.17, 15) is 18.0 Å². The maximum absolute atomic E-state index is 12.5. The average Bonchev–Trinajstić information content (AvgIpc) is 2.28. The van der Waals surface area contributed by atoms with Crippen LogP contribution in [0.25, 0.3) is 0 Å². The molecule has 2 rings (SSSR count). The zero-order valence-corrected chi connectivity index (χ0v) is 10.1. The van der Waals surface area contributed by atoms with E-state index in [2.05, 4.69) is 4.98 Å². The quantitative estimate of drug-likeness (QED) is 0.777. The zero-order valence-electron chi connectivity index (χ0n) is 10.1. The van der Waals surface area contributed by atoms with Gasteiger partial charge in [0.2, 0.25) is 0 Å². The number of aromatic nitrogens is 2. The zero-order chi connectivity index (χ0) is 13.3. The summed E-state index contributed by atoms with van der Waals surface area (Å²) in [4.78, 5) is 15.3. The summed E-state index contributed by atoms with van der Waals surface area (Å²) in [6, 6.07) is 0.600. The van der Waals surface area contributed by atoms with Crippen LogP contribution < -0.4 is 5.56 Å². The number of hydrogen-bond acceptors (Lipinski definition) is 2. The standard InChI is InChI=1S/C12H15F3N2O/c1-8-16-10(12(13,14)15)7-11(18)17(8)9-5-3-2-4-6-9/h7,9H,2-6H2,1H3. The van der Waals surface area contributed by atoms with E-state index in [-0.39, 0.29) is 11.9 Å². The minimum atomic E-state index is -4.56. The van der Waals surface area contributed by atoms with Gasteiger partial charge in [-0.1, -0.05) is 19.3 Å². The molecule has 0 unspecified atom stereocenters. The van der Waals surface area contributed by atoms with E-state index >= 15 is 0 Å². The fourth-order valence-electron chi connectivity index (χ4n) is 2.54. The summed E-state index contributed by atoms with van der Waals surface area (Å²) in [6.45, 7) is 1.46. The molecule has 1 heterocycles. The molecule has 1 aliphatic rings. The number of aryl methyl sites for hydroxylation is 1. The fourth-order valence-corrected chi connectivity index (χ4v) is 2.54. The minimum Gasteiger partial charge on any atom is -0.294 e. The van der Waals surface area contributed by atoms with Crippen LogP contribution in [0.15, 0.2) is 10.9 Å². The summed E-state index contributed by atoms with van der Waals surface area (Å²) in [5.74, 6) is 0.154. The van der Waals surface area contributed by atoms with Gasteiger partial charge < -0.3 is 0 Å². The molecule has 100 valence electrons. The van der Waals surface area contributed by atoms with Crippen molar-refractivity contribution in [2.24, 2.45) is 0 Å². The monoisotopic (exact) mass is 260 g/mol. The molecule has 0 aliphatic heterocycles. The first-order valence-corrected chi connectivity index (χ1v) is 6.07. The molecule has 1 saturated carbocycles. The Morgan fingerprint density at radius 1 is 1.28 bits per heavy atom. The molecule has 1 aromatic rings. The molecule has 0 saturated heterocycles. The number of nitrogens with zero attached hydrogens (tertiary/aromatic N) is 2. The van der Waals surface area contributed by atoms with E-state index in [4.69, 9.17) is 0 Å². The van der Waals surface area contributed by atoms with Crippen molar-refractivity contribution >= 4 is 0 Å². The molecule has 0 radical (unpaired) electrons. The van der Waals surface area contributed by atoms with E-state index in [0.29, 0.717) is 6.07 Å². The average molecular weight is 260 g/mol. The molecule has 6 heteroatoms. The van der Waals surface area contributed by atoms with Crippen LogP contribution >= 0.6 is 0 Å². The Morgan fingerprint density at radius 2 is 1.89 bits per heavy atom. The highest BCUT2D eigenvalue weighted by Crippen LogP contribution is 2.30. The molecule has 0 aromatic carbocycles. The van der Waals surface area contributed by atoms with E-state index in [1.165, 1.54) is 11.5 Å². The van der Waals surface area contributed by atoms with Crippen molar-refractivity contribution in [3.8, 4) is 0 Å². The summed E-state index contributed by atoms with van der Waals surface area (Å²) in [5.41, 5.74) is -1.70. The summed E-state index contributed by atoms with van der Waals surface area (Å²) < 4.78 is 38.9. The summed E-state index contributed by atoms with van der Waals surface area (Å²) in [5, 5.41) is 0. The predicted molar refractivity (Wildman–Crippen MR) is 60.4 cm³/mol. The van der Waals surface area contributed by atoms with Gasteiger partial charge in [-0.25, -0.2) is 4.98 Å². The lowest BCUT2D eigenvalue weighted by Gasteiger charge is -2.25. The molecule has 1 aliphatic carbocycles. The summed E-state index contributed by atoms with van der Waals surface area (Å²) >= 11 is 0. The van der Waals surface area contributed by atoms with Crippen molar-refractivity contribution in [1.29, 1.82) is 0 Å². The van der Waals surface area contributed by atoms with Crippen LogP contribution in [0.1, 0.15) is 49.7 Å². The molecule has 0 amide bonds. The number of rotatable bonds is 1. The van der Waals surface area contributed by atoms with Gasteiger partial charge in [-0.3, -0.25) is 9.36 Å². The Hall–Kier alpha value is -1.33. The number of alkyl halides is 3. The van der Waals surface area contributed by atoms with Crippen LogP contribution in [0.4, 0.5) is 13.2 Å². The summed E-state index contributed by atoms with van der Waals surface area (Å²) in [7, 11) is 0. The first-order chi connectivity index (χ1) is 8.39. The van der Waals surface area contributed by atoms with Crippen LogP contribution in [0.5, 0.6) is 0 Å². The van der Waals surface area contributed by atoms with Crippen LogP contribution in [0.2, 0.25) is 0 Å². The first kappa shape index (κ1) is 13.1. The van der Waals surface area contributed by atoms with Gasteiger partial charge in [0.05, 0.1) is 0 Å². The van der Waals surface area contributed by atoms with Crippen molar-refractivity contribution in [3.05, 3.63) is 27.9 Å². The van der Waals surface area contributed by atoms with Crippen molar-refractivity contribution in [1.82, 2.24) is 9.55 Å². The second-order valence-corrected chi connectivity index (χ2v) is 4.69. The molecular formula is C12H15F3N2O. The molecular weight excluding hydrogens is 245 g/mol. The molecule has 0 bridgehead atoms. The van der Waals surface area contributed by atoms with Crippen molar-refractivity contribution < 1.29 is 13.2 Å². The Morgan fingerprint density at radius 3 is 2.39 bits per heavy atom. The third-order valence-electron chi connectivity index (χ3n) is 3.36. The van der Waals surface area contributed by atoms with Crippen LogP contribution in [-0.2, 0) is 6.18 Å². The van der Waals surface area contributed by atoms with Crippen molar-refractivity contribution in [3.63, 3.8) is 0 Å². The highest BCUT2D eigenvalue weighted by atomic mass is 19.4. The molecule has 3 nitrogen and oxygen atoms in total. The Kier molecular flexibility index (Phi) is 3.45. The van der Waals surface area contributed by atoms with Gasteiger partial charge in [-0.2, -0.15) is 13.2 Å². The third-order valence-corrected chi connectivity index (χ3v) is 3.36. The highest BCUT2D eigenvalue weighted by Gasteiger charge is 2.34. The lowest BCUT2D eigenvalue weighted by atomic mass is 9.95. The van der Waals surface area contributed by atoms with Gasteiger partial charge in [-0.05, 0) is 19.8 Å². The van der Waals surface area contributed by atoms with Crippen LogP contribution in [0.3, 0.4) is 0 Å². The van der Waals surface area contributed by atoms with Crippen LogP contribution in [0, 0.1) is 6.92 Å². The van der Waals surface area contributed by atoms with E-state index in [0.717, 1.165) is 32.1 Å². The molecule has 1 aromatic heterocycles.